The predicted octanol–water partition coefficient (Wildman–Crippen LogP) is 3.37. The first-order chi connectivity index (χ1) is 13.4. The first-order valence-electron chi connectivity index (χ1n) is 9.83. The molecule has 0 heterocycles. The number of likely N-dealkylation sites (N-methyl/N-ethyl adjacent to an activating group) is 1. The van der Waals surface area contributed by atoms with Crippen LogP contribution >= 0.6 is 0 Å². The highest BCUT2D eigenvalue weighted by Gasteiger charge is 2.13. The highest BCUT2D eigenvalue weighted by molar-refractivity contribution is 5.43. The topological polar surface area (TPSA) is 54.0 Å². The van der Waals surface area contributed by atoms with Gasteiger partial charge in [-0.15, -0.1) is 0 Å². The molecule has 0 saturated heterocycles. The quantitative estimate of drug-likeness (QED) is 0.620. The lowest BCUT2D eigenvalue weighted by Crippen LogP contribution is -2.37. The van der Waals surface area contributed by atoms with Crippen LogP contribution in [0.1, 0.15) is 30.5 Å². The van der Waals surface area contributed by atoms with E-state index in [1.54, 1.807) is 7.11 Å². The highest BCUT2D eigenvalue weighted by atomic mass is 16.5. The molecule has 0 fully saturated rings. The van der Waals surface area contributed by atoms with Crippen molar-refractivity contribution in [2.24, 2.45) is 0 Å². The van der Waals surface area contributed by atoms with E-state index < -0.39 is 6.10 Å². The van der Waals surface area contributed by atoms with E-state index >= 15 is 0 Å². The SMILES string of the molecule is COc1ccc(CNCc2ccc(C)cc2)cc1OCC(O)CN(C)C(C)C. The smallest absolute Gasteiger partial charge is 0.161 e. The van der Waals surface area contributed by atoms with Crippen LogP contribution in [0.25, 0.3) is 0 Å². The number of aryl methyl sites for hydroxylation is 1. The summed E-state index contributed by atoms with van der Waals surface area (Å²) in [6, 6.07) is 14.8. The molecule has 1 unspecified atom stereocenters. The minimum absolute atomic E-state index is 0.230. The lowest BCUT2D eigenvalue weighted by Gasteiger charge is -2.24. The number of aliphatic hydroxyl groups excluding tert-OH is 1. The van der Waals surface area contributed by atoms with Gasteiger partial charge in [-0.2, -0.15) is 0 Å². The first-order valence-corrected chi connectivity index (χ1v) is 9.83. The zero-order valence-corrected chi connectivity index (χ0v) is 17.7. The largest absolute Gasteiger partial charge is 0.493 e. The summed E-state index contributed by atoms with van der Waals surface area (Å²) in [7, 11) is 3.62. The maximum atomic E-state index is 10.2. The number of aliphatic hydroxyl groups is 1. The normalized spacial score (nSPS) is 12.4. The molecule has 2 aromatic carbocycles. The molecule has 0 aliphatic rings. The number of nitrogens with one attached hydrogen (secondary N) is 1. The molecule has 2 N–H and O–H groups in total. The van der Waals surface area contributed by atoms with Gasteiger partial charge >= 0.3 is 0 Å². The zero-order chi connectivity index (χ0) is 20.5. The monoisotopic (exact) mass is 386 g/mol. The molecular formula is C23H34N2O3. The van der Waals surface area contributed by atoms with Crippen molar-refractivity contribution in [1.29, 1.82) is 0 Å². The molecule has 154 valence electrons. The Bertz CT molecular complexity index is 716. The van der Waals surface area contributed by atoms with Crippen LogP contribution in [-0.2, 0) is 13.1 Å². The fourth-order valence-corrected chi connectivity index (χ4v) is 2.78. The van der Waals surface area contributed by atoms with Crippen LogP contribution in [0, 0.1) is 6.92 Å². The zero-order valence-electron chi connectivity index (χ0n) is 17.7. The van der Waals surface area contributed by atoms with E-state index in [4.69, 9.17) is 9.47 Å². The fraction of sp³-hybridized carbons (Fsp3) is 0.478. The Morgan fingerprint density at radius 3 is 2.29 bits per heavy atom. The lowest BCUT2D eigenvalue weighted by molar-refractivity contribution is 0.0668. The molecule has 0 bridgehead atoms. The third kappa shape index (κ3) is 7.15. The van der Waals surface area contributed by atoms with Crippen LogP contribution in [-0.4, -0.2) is 49.5 Å². The van der Waals surface area contributed by atoms with Crippen LogP contribution in [0.5, 0.6) is 11.5 Å². The summed E-state index contributed by atoms with van der Waals surface area (Å²) in [5.74, 6) is 1.33. The van der Waals surface area contributed by atoms with E-state index in [2.05, 4.69) is 55.3 Å². The number of hydrogen-bond donors (Lipinski definition) is 2. The summed E-state index contributed by atoms with van der Waals surface area (Å²) >= 11 is 0. The lowest BCUT2D eigenvalue weighted by atomic mass is 10.1. The minimum Gasteiger partial charge on any atom is -0.493 e. The van der Waals surface area contributed by atoms with E-state index in [0.717, 1.165) is 18.7 Å². The van der Waals surface area contributed by atoms with Gasteiger partial charge < -0.3 is 24.8 Å². The van der Waals surface area contributed by atoms with Gasteiger partial charge in [-0.1, -0.05) is 35.9 Å². The second kappa shape index (κ2) is 11.1. The van der Waals surface area contributed by atoms with Crippen molar-refractivity contribution in [3.05, 3.63) is 59.2 Å². The molecule has 1 atom stereocenters. The van der Waals surface area contributed by atoms with Gasteiger partial charge in [-0.05, 0) is 51.1 Å². The van der Waals surface area contributed by atoms with Gasteiger partial charge in [-0.3, -0.25) is 0 Å². The maximum Gasteiger partial charge on any atom is 0.161 e. The average Bonchev–Trinajstić information content (AvgIpc) is 2.68. The van der Waals surface area contributed by atoms with Crippen LogP contribution in [0.15, 0.2) is 42.5 Å². The van der Waals surface area contributed by atoms with Gasteiger partial charge in [0, 0.05) is 25.7 Å². The number of hydrogen-bond acceptors (Lipinski definition) is 5. The molecule has 0 aliphatic carbocycles. The first kappa shape index (κ1) is 22.2. The molecular weight excluding hydrogens is 352 g/mol. The molecule has 28 heavy (non-hydrogen) atoms. The highest BCUT2D eigenvalue weighted by Crippen LogP contribution is 2.28. The van der Waals surface area contributed by atoms with Gasteiger partial charge in [0.25, 0.3) is 0 Å². The molecule has 2 aromatic rings. The third-order valence-corrected chi connectivity index (χ3v) is 4.82. The van der Waals surface area contributed by atoms with E-state index in [1.807, 2.05) is 25.2 Å². The average molecular weight is 387 g/mol. The molecule has 0 amide bonds. The van der Waals surface area contributed by atoms with Gasteiger partial charge in [0.15, 0.2) is 11.5 Å². The molecule has 0 spiro atoms. The van der Waals surface area contributed by atoms with Crippen molar-refractivity contribution in [2.45, 2.75) is 46.0 Å². The number of rotatable bonds is 11. The van der Waals surface area contributed by atoms with E-state index in [-0.39, 0.29) is 6.61 Å². The van der Waals surface area contributed by atoms with E-state index in [1.165, 1.54) is 11.1 Å². The van der Waals surface area contributed by atoms with Crippen LogP contribution in [0.3, 0.4) is 0 Å². The number of benzene rings is 2. The summed E-state index contributed by atoms with van der Waals surface area (Å²) in [6.07, 6.45) is -0.555. The summed E-state index contributed by atoms with van der Waals surface area (Å²) in [5, 5.41) is 13.7. The Balaban J connectivity index is 1.90. The van der Waals surface area contributed by atoms with Crippen molar-refractivity contribution in [1.82, 2.24) is 10.2 Å². The van der Waals surface area contributed by atoms with Gasteiger partial charge in [0.1, 0.15) is 12.7 Å². The van der Waals surface area contributed by atoms with Crippen molar-refractivity contribution in [3.63, 3.8) is 0 Å². The second-order valence-electron chi connectivity index (χ2n) is 7.57. The van der Waals surface area contributed by atoms with Crippen LogP contribution in [0.2, 0.25) is 0 Å². The van der Waals surface area contributed by atoms with E-state index in [9.17, 15) is 5.11 Å². The summed E-state index contributed by atoms with van der Waals surface area (Å²) in [5.41, 5.74) is 3.63. The molecule has 5 heteroatoms. The Morgan fingerprint density at radius 2 is 1.64 bits per heavy atom. The van der Waals surface area contributed by atoms with Crippen molar-refractivity contribution in [3.8, 4) is 11.5 Å². The number of nitrogens with zero attached hydrogens (tertiary/aromatic N) is 1. The number of ether oxygens (including phenoxy) is 2. The van der Waals surface area contributed by atoms with Crippen molar-refractivity contribution < 1.29 is 14.6 Å². The Hall–Kier alpha value is -2.08. The Kier molecular flexibility index (Phi) is 8.77. The summed E-state index contributed by atoms with van der Waals surface area (Å²) < 4.78 is 11.3. The Labute approximate surface area is 169 Å². The molecule has 0 aliphatic heterocycles. The standard InChI is InChI=1S/C23H34N2O3/c1-17(2)25(4)15-21(26)16-28-23-12-20(10-11-22(23)27-5)14-24-13-19-8-6-18(3)7-9-19/h6-12,17,21,24,26H,13-16H2,1-5H3. The van der Waals surface area contributed by atoms with Crippen molar-refractivity contribution >= 4 is 0 Å². The van der Waals surface area contributed by atoms with Gasteiger partial charge in [-0.25, -0.2) is 0 Å². The van der Waals surface area contributed by atoms with Crippen LogP contribution < -0.4 is 14.8 Å². The number of methoxy groups -OCH3 is 1. The van der Waals surface area contributed by atoms with Gasteiger partial charge in [0.2, 0.25) is 0 Å². The molecule has 0 radical (unpaired) electrons. The van der Waals surface area contributed by atoms with E-state index in [0.29, 0.717) is 24.1 Å². The molecule has 0 aromatic heterocycles. The predicted molar refractivity (Wildman–Crippen MR) is 114 cm³/mol. The van der Waals surface area contributed by atoms with Gasteiger partial charge in [0.05, 0.1) is 7.11 Å². The van der Waals surface area contributed by atoms with Crippen molar-refractivity contribution in [2.75, 3.05) is 27.3 Å². The summed E-state index contributed by atoms with van der Waals surface area (Å²) in [6.45, 7) is 8.63. The maximum absolute atomic E-state index is 10.2. The molecule has 0 saturated carbocycles. The summed E-state index contributed by atoms with van der Waals surface area (Å²) in [4.78, 5) is 2.09. The minimum atomic E-state index is -0.555. The fourth-order valence-electron chi connectivity index (χ4n) is 2.78. The second-order valence-corrected chi connectivity index (χ2v) is 7.57. The third-order valence-electron chi connectivity index (χ3n) is 4.82. The molecule has 2 rings (SSSR count). The molecule has 5 nitrogen and oxygen atoms in total. The Morgan fingerprint density at radius 1 is 1.00 bits per heavy atom. The van der Waals surface area contributed by atoms with Crippen LogP contribution in [0.4, 0.5) is 0 Å².